The van der Waals surface area contributed by atoms with Gasteiger partial charge in [-0.15, -0.1) is 10.2 Å². The van der Waals surface area contributed by atoms with Gasteiger partial charge in [-0.2, -0.15) is 0 Å². The first-order valence-electron chi connectivity index (χ1n) is 7.40. The van der Waals surface area contributed by atoms with Crippen molar-refractivity contribution in [1.82, 2.24) is 10.3 Å². The van der Waals surface area contributed by atoms with Crippen LogP contribution >= 0.6 is 0 Å². The molecule has 1 aromatic carbocycles. The van der Waals surface area contributed by atoms with Crippen molar-refractivity contribution in [3.8, 4) is 5.88 Å². The third-order valence-corrected chi connectivity index (χ3v) is 3.30. The van der Waals surface area contributed by atoms with Crippen LogP contribution in [0.25, 0.3) is 10.9 Å². The highest BCUT2D eigenvalue weighted by molar-refractivity contribution is 6.35. The smallest absolute Gasteiger partial charge is 0.353 e. The third-order valence-electron chi connectivity index (χ3n) is 3.30. The van der Waals surface area contributed by atoms with Crippen LogP contribution in [0, 0.1) is 0 Å². The van der Waals surface area contributed by atoms with Crippen molar-refractivity contribution in [3.05, 3.63) is 23.8 Å². The number of rotatable bonds is 3. The maximum Gasteiger partial charge on any atom is 0.353 e. The second-order valence-electron chi connectivity index (χ2n) is 5.92. The summed E-state index contributed by atoms with van der Waals surface area (Å²) < 4.78 is 0. The molecule has 0 aliphatic rings. The topological polar surface area (TPSA) is 107 Å². The number of fused-ring (bicyclic) bond motifs is 1. The number of aromatic hydroxyl groups is 1. The molecule has 0 bridgehead atoms. The van der Waals surface area contributed by atoms with Crippen LogP contribution in [0.3, 0.4) is 0 Å². The second-order valence-corrected chi connectivity index (χ2v) is 5.92. The molecule has 2 amide bonds. The Morgan fingerprint density at radius 3 is 2.52 bits per heavy atom. The van der Waals surface area contributed by atoms with Gasteiger partial charge in [0.05, 0.1) is 5.52 Å². The van der Waals surface area contributed by atoms with Gasteiger partial charge in [0.2, 0.25) is 5.88 Å². The molecule has 0 fully saturated rings. The summed E-state index contributed by atoms with van der Waals surface area (Å²) in [4.78, 5) is 25.9. The summed E-state index contributed by atoms with van der Waals surface area (Å²) in [6.07, 6.45) is 0. The van der Waals surface area contributed by atoms with Crippen LogP contribution in [-0.2, 0) is 9.59 Å². The number of hydrogen-bond acceptors (Lipinski definition) is 4. The number of H-pyrrole nitrogens is 1. The number of azo groups is 1. The predicted molar refractivity (Wildman–Crippen MR) is 86.9 cm³/mol. The molecule has 0 aliphatic carbocycles. The van der Waals surface area contributed by atoms with Gasteiger partial charge >= 0.3 is 11.8 Å². The maximum absolute atomic E-state index is 11.6. The zero-order valence-corrected chi connectivity index (χ0v) is 13.5. The molecule has 0 spiro atoms. The molecule has 0 radical (unpaired) electrons. The Kier molecular flexibility index (Phi) is 4.78. The van der Waals surface area contributed by atoms with Gasteiger partial charge in [0, 0.05) is 11.4 Å². The Bertz CT molecular complexity index is 775. The molecule has 2 aromatic rings. The Labute approximate surface area is 133 Å². The molecule has 2 rings (SSSR count). The lowest BCUT2D eigenvalue weighted by atomic mass is 10.0. The molecule has 23 heavy (non-hydrogen) atoms. The molecule has 0 saturated heterocycles. The SMILES string of the molecule is CC(C)NC(=O)C(=O)N=Nc1c(O)[nH]c2ccc(C(C)C)cc12. The lowest BCUT2D eigenvalue weighted by Crippen LogP contribution is -2.34. The van der Waals surface area contributed by atoms with Gasteiger partial charge in [0.1, 0.15) is 0 Å². The predicted octanol–water partition coefficient (Wildman–Crippen LogP) is 3.13. The second kappa shape index (κ2) is 6.60. The summed E-state index contributed by atoms with van der Waals surface area (Å²) >= 11 is 0. The number of aromatic nitrogens is 1. The van der Waals surface area contributed by atoms with Gasteiger partial charge in [0.25, 0.3) is 0 Å². The van der Waals surface area contributed by atoms with Gasteiger partial charge in [-0.05, 0) is 37.5 Å². The number of benzene rings is 1. The van der Waals surface area contributed by atoms with Crippen molar-refractivity contribution >= 4 is 28.4 Å². The van der Waals surface area contributed by atoms with E-state index in [0.29, 0.717) is 16.8 Å². The van der Waals surface area contributed by atoms with Crippen molar-refractivity contribution < 1.29 is 14.7 Å². The number of carbonyl (C=O) groups is 2. The van der Waals surface area contributed by atoms with E-state index in [2.05, 4.69) is 34.4 Å². The zero-order valence-electron chi connectivity index (χ0n) is 13.5. The van der Waals surface area contributed by atoms with E-state index in [4.69, 9.17) is 0 Å². The summed E-state index contributed by atoms with van der Waals surface area (Å²) in [6, 6.07) is 5.49. The molecular formula is C16H20N4O3. The molecule has 7 heteroatoms. The van der Waals surface area contributed by atoms with Gasteiger partial charge in [0.15, 0.2) is 5.69 Å². The Hall–Kier alpha value is -2.70. The lowest BCUT2D eigenvalue weighted by Gasteiger charge is -2.05. The van der Waals surface area contributed by atoms with Crippen LogP contribution in [0.5, 0.6) is 5.88 Å². The summed E-state index contributed by atoms with van der Waals surface area (Å²) in [5.41, 5.74) is 1.89. The molecule has 0 aliphatic heterocycles. The molecule has 122 valence electrons. The third kappa shape index (κ3) is 3.74. The van der Waals surface area contributed by atoms with E-state index in [9.17, 15) is 14.7 Å². The van der Waals surface area contributed by atoms with Gasteiger partial charge in [-0.1, -0.05) is 19.9 Å². The van der Waals surface area contributed by atoms with Crippen molar-refractivity contribution in [2.75, 3.05) is 0 Å². The van der Waals surface area contributed by atoms with E-state index < -0.39 is 11.8 Å². The van der Waals surface area contributed by atoms with Crippen LogP contribution in [0.4, 0.5) is 5.69 Å². The van der Waals surface area contributed by atoms with E-state index in [1.165, 1.54) is 0 Å². The highest BCUT2D eigenvalue weighted by Gasteiger charge is 2.16. The average Bonchev–Trinajstić information content (AvgIpc) is 2.78. The summed E-state index contributed by atoms with van der Waals surface area (Å²) in [6.45, 7) is 7.58. The highest BCUT2D eigenvalue weighted by atomic mass is 16.3. The summed E-state index contributed by atoms with van der Waals surface area (Å²) in [5.74, 6) is -1.72. The number of hydrogen-bond donors (Lipinski definition) is 3. The first-order chi connectivity index (χ1) is 10.8. The van der Waals surface area contributed by atoms with Gasteiger partial charge < -0.3 is 15.4 Å². The van der Waals surface area contributed by atoms with E-state index in [-0.39, 0.29) is 17.6 Å². The molecule has 0 atom stereocenters. The largest absolute Gasteiger partial charge is 0.493 e. The first-order valence-corrected chi connectivity index (χ1v) is 7.40. The Balaban J connectivity index is 2.33. The minimum Gasteiger partial charge on any atom is -0.493 e. The zero-order chi connectivity index (χ0) is 17.1. The summed E-state index contributed by atoms with van der Waals surface area (Å²) in [5, 5.41) is 20.2. The van der Waals surface area contributed by atoms with Crippen LogP contribution in [0.2, 0.25) is 0 Å². The normalized spacial score (nSPS) is 11.7. The Morgan fingerprint density at radius 1 is 1.22 bits per heavy atom. The van der Waals surface area contributed by atoms with E-state index in [1.54, 1.807) is 13.8 Å². The molecule has 0 saturated carbocycles. The molecule has 7 nitrogen and oxygen atoms in total. The minimum absolute atomic E-state index is 0.146. The van der Waals surface area contributed by atoms with Crippen molar-refractivity contribution in [2.45, 2.75) is 39.7 Å². The fourth-order valence-corrected chi connectivity index (χ4v) is 2.11. The van der Waals surface area contributed by atoms with Crippen molar-refractivity contribution in [1.29, 1.82) is 0 Å². The highest BCUT2D eigenvalue weighted by Crippen LogP contribution is 2.36. The van der Waals surface area contributed by atoms with Crippen LogP contribution < -0.4 is 5.32 Å². The molecular weight excluding hydrogens is 296 g/mol. The molecule has 1 aromatic heterocycles. The van der Waals surface area contributed by atoms with Gasteiger partial charge in [-0.25, -0.2) is 0 Å². The lowest BCUT2D eigenvalue weighted by molar-refractivity contribution is -0.137. The number of aromatic amines is 1. The average molecular weight is 316 g/mol. The van der Waals surface area contributed by atoms with E-state index in [0.717, 1.165) is 5.56 Å². The van der Waals surface area contributed by atoms with Crippen LogP contribution in [0.15, 0.2) is 28.4 Å². The molecule has 3 N–H and O–H groups in total. The molecule has 1 heterocycles. The fourth-order valence-electron chi connectivity index (χ4n) is 2.11. The van der Waals surface area contributed by atoms with E-state index in [1.807, 2.05) is 18.2 Å². The fraction of sp³-hybridized carbons (Fsp3) is 0.375. The minimum atomic E-state index is -1.01. The van der Waals surface area contributed by atoms with Crippen molar-refractivity contribution in [2.24, 2.45) is 10.2 Å². The van der Waals surface area contributed by atoms with Crippen LogP contribution in [-0.4, -0.2) is 27.9 Å². The standard InChI is InChI=1S/C16H20N4O3/c1-8(2)10-5-6-12-11(7-10)13(14(21)18-12)19-20-16(23)15(22)17-9(3)4/h5-9,18,21H,1-4H3,(H,17,22). The van der Waals surface area contributed by atoms with Gasteiger partial charge in [-0.3, -0.25) is 9.59 Å². The number of nitrogens with zero attached hydrogens (tertiary/aromatic N) is 2. The Morgan fingerprint density at radius 2 is 1.91 bits per heavy atom. The number of carbonyl (C=O) groups excluding carboxylic acids is 2. The number of nitrogens with one attached hydrogen (secondary N) is 2. The molecule has 0 unspecified atom stereocenters. The van der Waals surface area contributed by atoms with Crippen molar-refractivity contribution in [3.63, 3.8) is 0 Å². The van der Waals surface area contributed by atoms with E-state index >= 15 is 0 Å². The maximum atomic E-state index is 11.6. The monoisotopic (exact) mass is 316 g/mol. The number of amides is 2. The first kappa shape index (κ1) is 16.7. The summed E-state index contributed by atoms with van der Waals surface area (Å²) in [7, 11) is 0. The van der Waals surface area contributed by atoms with Crippen LogP contribution in [0.1, 0.15) is 39.2 Å². The quantitative estimate of drug-likeness (QED) is 0.598.